The molecule has 5 saturated carbocycles. The van der Waals surface area contributed by atoms with Crippen molar-refractivity contribution in [3.8, 4) is 0 Å². The van der Waals surface area contributed by atoms with Crippen LogP contribution in [-0.2, 0) is 7.86 Å². The Bertz CT molecular complexity index is 882. The van der Waals surface area contributed by atoms with Crippen LogP contribution in [0.25, 0.3) is 0 Å². The Morgan fingerprint density at radius 3 is 2.24 bits per heavy atom. The van der Waals surface area contributed by atoms with Gasteiger partial charge in [-0.1, -0.05) is 46.8 Å². The number of halogens is 1. The molecule has 34 heavy (non-hydrogen) atoms. The van der Waals surface area contributed by atoms with Gasteiger partial charge >= 0.3 is 5.97 Å². The number of fused-ring (bicyclic) bond motifs is 7. The molecular weight excluding hydrogens is 535 g/mol. The Kier molecular flexibility index (Phi) is 5.97. The van der Waals surface area contributed by atoms with Gasteiger partial charge in [-0.05, 0) is 122 Å². The van der Waals surface area contributed by atoms with Crippen LogP contribution in [0.2, 0.25) is 0 Å². The normalized spacial score (nSPS) is 53.6. The molecule has 3 nitrogen and oxygen atoms in total. The lowest BCUT2D eigenvalue weighted by molar-refractivity contribution is -0.247. The molecule has 0 amide bonds. The second kappa shape index (κ2) is 7.95. The molecule has 0 unspecified atom stereocenters. The van der Waals surface area contributed by atoms with Crippen LogP contribution in [0.1, 0.15) is 106 Å². The predicted octanol–water partition coefficient (Wildman–Crippen LogP) is 7.90. The summed E-state index contributed by atoms with van der Waals surface area (Å²) in [4.78, 5) is 13.3. The molecule has 10 atom stereocenters. The van der Waals surface area contributed by atoms with Gasteiger partial charge in [-0.3, -0.25) is 4.79 Å². The largest absolute Gasteiger partial charge is 0.394 e. The second-order valence-electron chi connectivity index (χ2n) is 14.6. The molecule has 0 radical (unpaired) electrons. The molecule has 1 N–H and O–H groups in total. The summed E-state index contributed by atoms with van der Waals surface area (Å²) in [6.45, 7) is 19.1. The number of aliphatic hydroxyl groups excluding tert-OH is 1. The summed E-state index contributed by atoms with van der Waals surface area (Å²) in [6, 6.07) is 0. The smallest absolute Gasteiger partial charge is 0.321 e. The minimum atomic E-state index is -0.309. The average Bonchev–Trinajstić information content (AvgIpc) is 3.18. The van der Waals surface area contributed by atoms with Crippen molar-refractivity contribution >= 4 is 29.0 Å². The molecule has 5 aliphatic carbocycles. The SMILES string of the molecule is C=C(C)[C@@H]1CC[C@]2(C(=O)OI)CC[C@]3(C)[C@H](CC[C@@H]4[C@@]5(C)CC[C@H](O)C(C)(C)[C@@H]5CC[C@]43C)[C@@H]12. The maximum atomic E-state index is 13.3. The van der Waals surface area contributed by atoms with Gasteiger partial charge in [-0.15, -0.1) is 0 Å². The molecule has 0 aromatic rings. The number of rotatable bonds is 2. The Labute approximate surface area is 221 Å². The van der Waals surface area contributed by atoms with E-state index < -0.39 is 0 Å². The third-order valence-corrected chi connectivity index (χ3v) is 13.9. The third-order valence-electron chi connectivity index (χ3n) is 13.5. The highest BCUT2D eigenvalue weighted by Gasteiger charge is 2.72. The highest BCUT2D eigenvalue weighted by Crippen LogP contribution is 2.77. The zero-order valence-electron chi connectivity index (χ0n) is 22.4. The van der Waals surface area contributed by atoms with Gasteiger partial charge in [0.1, 0.15) is 0 Å². The average molecular weight is 583 g/mol. The van der Waals surface area contributed by atoms with Gasteiger partial charge in [0.15, 0.2) is 23.0 Å². The molecule has 0 aliphatic heterocycles. The molecule has 4 heteroatoms. The molecule has 0 heterocycles. The van der Waals surface area contributed by atoms with E-state index in [4.69, 9.17) is 3.07 Å². The highest BCUT2D eigenvalue weighted by atomic mass is 127. The van der Waals surface area contributed by atoms with Crippen molar-refractivity contribution in [3.63, 3.8) is 0 Å². The minimum Gasteiger partial charge on any atom is -0.394 e. The molecule has 0 aromatic carbocycles. The van der Waals surface area contributed by atoms with E-state index in [0.29, 0.717) is 35.0 Å². The van der Waals surface area contributed by atoms with Crippen LogP contribution in [0.3, 0.4) is 0 Å². The Morgan fingerprint density at radius 2 is 1.59 bits per heavy atom. The fourth-order valence-electron chi connectivity index (χ4n) is 11.6. The highest BCUT2D eigenvalue weighted by molar-refractivity contribution is 14.1. The first kappa shape index (κ1) is 25.5. The molecule has 192 valence electrons. The molecule has 0 saturated heterocycles. The Balaban J connectivity index is 1.56. The van der Waals surface area contributed by atoms with Gasteiger partial charge in [-0.25, -0.2) is 0 Å². The zero-order chi connectivity index (χ0) is 24.9. The van der Waals surface area contributed by atoms with E-state index in [-0.39, 0.29) is 33.7 Å². The summed E-state index contributed by atoms with van der Waals surface area (Å²) in [6.07, 6.45) is 11.1. The molecule has 5 rings (SSSR count). The van der Waals surface area contributed by atoms with E-state index in [9.17, 15) is 9.90 Å². The second-order valence-corrected chi connectivity index (χ2v) is 15.0. The quantitative estimate of drug-likeness (QED) is 0.266. The maximum Gasteiger partial charge on any atom is 0.321 e. The van der Waals surface area contributed by atoms with Gasteiger partial charge in [0.05, 0.1) is 11.5 Å². The standard InChI is InChI=1S/C30H47IO3/c1-18(2)19-10-15-30(25(33)34-31)17-16-28(6)20(24(19)30)8-9-22-27(5)13-12-23(32)26(3,4)21(27)11-14-29(22,28)7/h19-24,32H,1,8-17H2,2-7H3/t19-,20+,21-,22+,23-,24+,27-,28+,29+,30-/m0/s1. The van der Waals surface area contributed by atoms with Crippen LogP contribution in [0, 0.1) is 56.7 Å². The number of hydrogen-bond donors (Lipinski definition) is 1. The third kappa shape index (κ3) is 2.99. The van der Waals surface area contributed by atoms with Crippen LogP contribution in [0.5, 0.6) is 0 Å². The monoisotopic (exact) mass is 582 g/mol. The molecule has 5 fully saturated rings. The van der Waals surface area contributed by atoms with E-state index in [1.165, 1.54) is 31.3 Å². The number of carbonyl (C=O) groups excluding carboxylic acids is 1. The van der Waals surface area contributed by atoms with Gasteiger partial charge in [-0.2, -0.15) is 0 Å². The topological polar surface area (TPSA) is 46.5 Å². The first-order valence-electron chi connectivity index (χ1n) is 14.0. The number of hydrogen-bond acceptors (Lipinski definition) is 3. The van der Waals surface area contributed by atoms with Crippen LogP contribution in [-0.4, -0.2) is 17.2 Å². The summed E-state index contributed by atoms with van der Waals surface area (Å²) in [5.74, 6) is 2.70. The lowest BCUT2D eigenvalue weighted by Gasteiger charge is -2.72. The fourth-order valence-corrected chi connectivity index (χ4v) is 12.0. The van der Waals surface area contributed by atoms with Gasteiger partial charge in [0.25, 0.3) is 0 Å². The fraction of sp³-hybridized carbons (Fsp3) is 0.900. The lowest BCUT2D eigenvalue weighted by atomic mass is 9.32. The van der Waals surface area contributed by atoms with Gasteiger partial charge in [0, 0.05) is 0 Å². The number of allylic oxidation sites excluding steroid dienone is 1. The van der Waals surface area contributed by atoms with Crippen molar-refractivity contribution < 1.29 is 13.0 Å². The van der Waals surface area contributed by atoms with Crippen molar-refractivity contribution in [2.75, 3.05) is 0 Å². The summed E-state index contributed by atoms with van der Waals surface area (Å²) >= 11 is 1.83. The molecular formula is C30H47IO3. The van der Waals surface area contributed by atoms with E-state index in [1.54, 1.807) is 0 Å². The van der Waals surface area contributed by atoms with E-state index in [0.717, 1.165) is 38.5 Å². The Morgan fingerprint density at radius 1 is 0.882 bits per heavy atom. The van der Waals surface area contributed by atoms with Crippen LogP contribution in [0.4, 0.5) is 0 Å². The predicted molar refractivity (Wildman–Crippen MR) is 145 cm³/mol. The Hall–Kier alpha value is -0.100. The van der Waals surface area contributed by atoms with Gasteiger partial charge in [0.2, 0.25) is 0 Å². The summed E-state index contributed by atoms with van der Waals surface area (Å²) < 4.78 is 5.46. The summed E-state index contributed by atoms with van der Waals surface area (Å²) in [5, 5.41) is 10.9. The van der Waals surface area contributed by atoms with Crippen molar-refractivity contribution in [2.45, 2.75) is 112 Å². The molecule has 5 aliphatic rings. The maximum absolute atomic E-state index is 13.3. The number of aliphatic hydroxyl groups is 1. The van der Waals surface area contributed by atoms with Crippen molar-refractivity contribution in [2.24, 2.45) is 56.7 Å². The minimum absolute atomic E-state index is 0.00561. The van der Waals surface area contributed by atoms with Gasteiger partial charge < -0.3 is 8.17 Å². The first-order valence-corrected chi connectivity index (χ1v) is 14.8. The van der Waals surface area contributed by atoms with Crippen molar-refractivity contribution in [3.05, 3.63) is 12.2 Å². The van der Waals surface area contributed by atoms with Crippen LogP contribution in [0.15, 0.2) is 12.2 Å². The molecule has 0 bridgehead atoms. The first-order chi connectivity index (χ1) is 15.8. The van der Waals surface area contributed by atoms with Crippen molar-refractivity contribution in [1.29, 1.82) is 0 Å². The summed E-state index contributed by atoms with van der Waals surface area (Å²) in [5.41, 5.74) is 1.76. The molecule has 0 aromatic heterocycles. The summed E-state index contributed by atoms with van der Waals surface area (Å²) in [7, 11) is 0. The van der Waals surface area contributed by atoms with E-state index in [2.05, 4.69) is 48.1 Å². The number of carbonyl (C=O) groups is 1. The van der Waals surface area contributed by atoms with E-state index in [1.807, 2.05) is 23.0 Å². The van der Waals surface area contributed by atoms with Crippen LogP contribution < -0.4 is 0 Å². The van der Waals surface area contributed by atoms with Crippen LogP contribution >= 0.6 is 23.0 Å². The van der Waals surface area contributed by atoms with E-state index >= 15 is 0 Å². The van der Waals surface area contributed by atoms with Crippen molar-refractivity contribution in [1.82, 2.24) is 0 Å². The zero-order valence-corrected chi connectivity index (χ0v) is 24.5. The lowest BCUT2D eigenvalue weighted by Crippen LogP contribution is -2.67. The molecule has 0 spiro atoms.